The molecule has 7 heteroatoms. The second-order valence-electron chi connectivity index (χ2n) is 6.26. The monoisotopic (exact) mass is 376 g/mol. The molecule has 2 N–H and O–H groups in total. The van der Waals surface area contributed by atoms with Crippen LogP contribution < -0.4 is 4.72 Å². The van der Waals surface area contributed by atoms with Crippen molar-refractivity contribution in [1.82, 2.24) is 9.62 Å². The van der Waals surface area contributed by atoms with Crippen LogP contribution in [0.25, 0.3) is 0 Å². The largest absolute Gasteiger partial charge is 0.478 e. The summed E-state index contributed by atoms with van der Waals surface area (Å²) in [5, 5.41) is 9.04. The number of nitrogens with zero attached hydrogens (tertiary/aromatic N) is 1. The van der Waals surface area contributed by atoms with Crippen LogP contribution in [-0.2, 0) is 16.6 Å². The van der Waals surface area contributed by atoms with Gasteiger partial charge >= 0.3 is 5.97 Å². The number of aryl methyl sites for hydroxylation is 1. The fraction of sp³-hybridized carbons (Fsp3) is 0.316. The lowest BCUT2D eigenvalue weighted by Crippen LogP contribution is -2.28. The van der Waals surface area contributed by atoms with Crippen molar-refractivity contribution in [3.05, 3.63) is 65.2 Å². The van der Waals surface area contributed by atoms with Gasteiger partial charge in [-0.15, -0.1) is 0 Å². The zero-order valence-corrected chi connectivity index (χ0v) is 15.8. The van der Waals surface area contributed by atoms with Crippen LogP contribution in [0.5, 0.6) is 0 Å². The zero-order valence-electron chi connectivity index (χ0n) is 15.0. The Morgan fingerprint density at radius 1 is 1.15 bits per heavy atom. The van der Waals surface area contributed by atoms with E-state index in [0.717, 1.165) is 13.1 Å². The molecule has 0 radical (unpaired) electrons. The molecule has 6 nitrogen and oxygen atoms in total. The summed E-state index contributed by atoms with van der Waals surface area (Å²) in [7, 11) is -1.75. The van der Waals surface area contributed by atoms with Crippen molar-refractivity contribution in [3.63, 3.8) is 0 Å². The average Bonchev–Trinajstić information content (AvgIpc) is 2.59. The Labute approximate surface area is 154 Å². The molecule has 0 atom stereocenters. The minimum Gasteiger partial charge on any atom is -0.478 e. The van der Waals surface area contributed by atoms with E-state index in [9.17, 15) is 13.2 Å². The van der Waals surface area contributed by atoms with Gasteiger partial charge in [0.15, 0.2) is 0 Å². The summed E-state index contributed by atoms with van der Waals surface area (Å²) >= 11 is 0. The van der Waals surface area contributed by atoms with Crippen molar-refractivity contribution in [2.75, 3.05) is 20.1 Å². The third kappa shape index (κ3) is 5.66. The molecule has 0 bridgehead atoms. The van der Waals surface area contributed by atoms with E-state index in [1.807, 2.05) is 25.2 Å². The molecule has 0 fully saturated rings. The second kappa shape index (κ2) is 8.93. The van der Waals surface area contributed by atoms with Gasteiger partial charge in [0.2, 0.25) is 10.0 Å². The minimum atomic E-state index is -3.74. The quantitative estimate of drug-likeness (QED) is 0.657. The van der Waals surface area contributed by atoms with Gasteiger partial charge in [-0.3, -0.25) is 0 Å². The fourth-order valence-corrected chi connectivity index (χ4v) is 3.97. The summed E-state index contributed by atoms with van der Waals surface area (Å²) < 4.78 is 27.4. The van der Waals surface area contributed by atoms with Crippen molar-refractivity contribution >= 4 is 16.0 Å². The van der Waals surface area contributed by atoms with Crippen LogP contribution in [0, 0.1) is 6.92 Å². The SMILES string of the molecule is Cc1ccc(C(=O)O)cc1S(=O)(=O)NCCCN(C)Cc1ccccc1. The summed E-state index contributed by atoms with van der Waals surface area (Å²) in [6.07, 6.45) is 0.653. The standard InChI is InChI=1S/C19H24N2O4S/c1-15-9-10-17(19(22)23)13-18(15)26(24,25)20-11-6-12-21(2)14-16-7-4-3-5-8-16/h3-5,7-10,13,20H,6,11-12,14H2,1-2H3,(H,22,23). The summed E-state index contributed by atoms with van der Waals surface area (Å²) in [6, 6.07) is 14.2. The number of sulfonamides is 1. The molecule has 0 aliphatic heterocycles. The van der Waals surface area contributed by atoms with Crippen molar-refractivity contribution in [2.45, 2.75) is 24.8 Å². The number of nitrogens with one attached hydrogen (secondary N) is 1. The smallest absolute Gasteiger partial charge is 0.335 e. The van der Waals surface area contributed by atoms with E-state index in [1.165, 1.54) is 23.8 Å². The van der Waals surface area contributed by atoms with Crippen LogP contribution in [0.2, 0.25) is 0 Å². The predicted octanol–water partition coefficient (Wildman–Crippen LogP) is 2.49. The first-order valence-electron chi connectivity index (χ1n) is 8.35. The molecule has 0 amide bonds. The number of carboxylic acid groups (broad SMARTS) is 1. The third-order valence-corrected chi connectivity index (χ3v) is 5.63. The van der Waals surface area contributed by atoms with E-state index in [4.69, 9.17) is 5.11 Å². The van der Waals surface area contributed by atoms with E-state index in [2.05, 4.69) is 21.8 Å². The Morgan fingerprint density at radius 2 is 1.85 bits per heavy atom. The normalized spacial score (nSPS) is 11.7. The van der Waals surface area contributed by atoms with Crippen molar-refractivity contribution in [1.29, 1.82) is 0 Å². The van der Waals surface area contributed by atoms with Crippen molar-refractivity contribution < 1.29 is 18.3 Å². The highest BCUT2D eigenvalue weighted by molar-refractivity contribution is 7.89. The van der Waals surface area contributed by atoms with Crippen LogP contribution in [0.4, 0.5) is 0 Å². The number of hydrogen-bond donors (Lipinski definition) is 2. The molecule has 2 aromatic rings. The van der Waals surface area contributed by atoms with Crippen molar-refractivity contribution in [2.24, 2.45) is 0 Å². The third-order valence-electron chi connectivity index (χ3n) is 4.03. The number of benzene rings is 2. The van der Waals surface area contributed by atoms with Crippen LogP contribution in [0.3, 0.4) is 0 Å². The number of carboxylic acids is 1. The van der Waals surface area contributed by atoms with E-state index in [1.54, 1.807) is 6.92 Å². The van der Waals surface area contributed by atoms with E-state index in [0.29, 0.717) is 12.0 Å². The van der Waals surface area contributed by atoms with Gasteiger partial charge < -0.3 is 10.0 Å². The van der Waals surface area contributed by atoms with Gasteiger partial charge in [-0.25, -0.2) is 17.9 Å². The maximum absolute atomic E-state index is 12.4. The molecule has 0 saturated carbocycles. The van der Waals surface area contributed by atoms with Gasteiger partial charge in [-0.05, 0) is 50.2 Å². The van der Waals surface area contributed by atoms with Crippen LogP contribution in [0.1, 0.15) is 27.9 Å². The molecule has 0 unspecified atom stereocenters. The Kier molecular flexibility index (Phi) is 6.90. The first-order valence-corrected chi connectivity index (χ1v) is 9.84. The number of aromatic carboxylic acids is 1. The number of hydrogen-bond acceptors (Lipinski definition) is 4. The molecule has 2 aromatic carbocycles. The highest BCUT2D eigenvalue weighted by atomic mass is 32.2. The van der Waals surface area contributed by atoms with Crippen LogP contribution >= 0.6 is 0 Å². The summed E-state index contributed by atoms with van der Waals surface area (Å²) in [5.41, 5.74) is 1.68. The van der Waals surface area contributed by atoms with Gasteiger partial charge in [-0.1, -0.05) is 36.4 Å². The molecule has 26 heavy (non-hydrogen) atoms. The minimum absolute atomic E-state index is 0.00930. The fourth-order valence-electron chi connectivity index (χ4n) is 2.63. The summed E-state index contributed by atoms with van der Waals surface area (Å²) in [5.74, 6) is -1.15. The number of rotatable bonds is 9. The van der Waals surface area contributed by atoms with Crippen LogP contribution in [-0.4, -0.2) is 44.5 Å². The number of carbonyl (C=O) groups is 1. The molecule has 0 heterocycles. The molecule has 140 valence electrons. The van der Waals surface area contributed by atoms with Gasteiger partial charge in [0.05, 0.1) is 10.5 Å². The summed E-state index contributed by atoms with van der Waals surface area (Å²) in [4.78, 5) is 13.2. The van der Waals surface area contributed by atoms with E-state index in [-0.39, 0.29) is 17.0 Å². The van der Waals surface area contributed by atoms with Crippen LogP contribution in [0.15, 0.2) is 53.4 Å². The molecular formula is C19H24N2O4S. The topological polar surface area (TPSA) is 86.7 Å². The van der Waals surface area contributed by atoms with E-state index >= 15 is 0 Å². The molecule has 0 aliphatic carbocycles. The molecule has 0 aromatic heterocycles. The Balaban J connectivity index is 1.88. The average molecular weight is 376 g/mol. The molecule has 0 saturated heterocycles. The first kappa shape index (κ1) is 20.1. The summed E-state index contributed by atoms with van der Waals surface area (Å²) in [6.45, 7) is 3.48. The molecule has 0 aliphatic rings. The Hall–Kier alpha value is -2.22. The second-order valence-corrected chi connectivity index (χ2v) is 8.00. The zero-order chi connectivity index (χ0) is 19.2. The Morgan fingerprint density at radius 3 is 2.50 bits per heavy atom. The van der Waals surface area contributed by atoms with Gasteiger partial charge in [0.1, 0.15) is 0 Å². The van der Waals surface area contributed by atoms with Gasteiger partial charge in [-0.2, -0.15) is 0 Å². The highest BCUT2D eigenvalue weighted by Gasteiger charge is 2.18. The Bertz CT molecular complexity index is 851. The van der Waals surface area contributed by atoms with Gasteiger partial charge in [0.25, 0.3) is 0 Å². The first-order chi connectivity index (χ1) is 12.3. The molecule has 0 spiro atoms. The lowest BCUT2D eigenvalue weighted by Gasteiger charge is -2.17. The van der Waals surface area contributed by atoms with Gasteiger partial charge in [0, 0.05) is 13.1 Å². The predicted molar refractivity (Wildman–Crippen MR) is 101 cm³/mol. The highest BCUT2D eigenvalue weighted by Crippen LogP contribution is 2.17. The van der Waals surface area contributed by atoms with E-state index < -0.39 is 16.0 Å². The maximum Gasteiger partial charge on any atom is 0.335 e. The molecular weight excluding hydrogens is 352 g/mol. The molecule has 2 rings (SSSR count). The van der Waals surface area contributed by atoms with Crippen molar-refractivity contribution in [3.8, 4) is 0 Å². The lowest BCUT2D eigenvalue weighted by atomic mass is 10.1. The lowest BCUT2D eigenvalue weighted by molar-refractivity contribution is 0.0696. The maximum atomic E-state index is 12.4.